The first kappa shape index (κ1) is 12.4. The number of nitrogens with zero attached hydrogens (tertiary/aromatic N) is 1. The molecule has 0 amide bonds. The molecule has 1 unspecified atom stereocenters. The van der Waals surface area contributed by atoms with Gasteiger partial charge >= 0.3 is 0 Å². The van der Waals surface area contributed by atoms with Crippen molar-refractivity contribution < 1.29 is 0 Å². The molecule has 1 heterocycles. The fourth-order valence-corrected chi connectivity index (χ4v) is 3.47. The lowest BCUT2D eigenvalue weighted by Crippen LogP contribution is -2.39. The average Bonchev–Trinajstić information content (AvgIpc) is 2.89. The van der Waals surface area contributed by atoms with E-state index < -0.39 is 0 Å². The predicted molar refractivity (Wildman–Crippen MR) is 70.6 cm³/mol. The summed E-state index contributed by atoms with van der Waals surface area (Å²) in [7, 11) is 0. The number of rotatable bonds is 4. The zero-order valence-electron chi connectivity index (χ0n) is 11.6. The summed E-state index contributed by atoms with van der Waals surface area (Å²) in [5, 5.41) is 0. The maximum absolute atomic E-state index is 2.66. The second kappa shape index (κ2) is 4.68. The van der Waals surface area contributed by atoms with Gasteiger partial charge in [0.25, 0.3) is 0 Å². The Morgan fingerprint density at radius 2 is 1.75 bits per heavy atom. The van der Waals surface area contributed by atoms with Crippen LogP contribution in [0.2, 0.25) is 0 Å². The van der Waals surface area contributed by atoms with Crippen molar-refractivity contribution in [1.29, 1.82) is 0 Å². The van der Waals surface area contributed by atoms with Crippen LogP contribution in [0.1, 0.15) is 59.8 Å². The first-order valence-electron chi connectivity index (χ1n) is 7.27. The molecule has 2 aliphatic rings. The van der Waals surface area contributed by atoms with Crippen LogP contribution in [-0.2, 0) is 0 Å². The van der Waals surface area contributed by atoms with Gasteiger partial charge in [-0.25, -0.2) is 0 Å². The molecule has 0 aromatic carbocycles. The van der Waals surface area contributed by atoms with E-state index in [1.165, 1.54) is 38.8 Å². The first-order chi connectivity index (χ1) is 7.53. The van der Waals surface area contributed by atoms with Crippen molar-refractivity contribution in [2.45, 2.75) is 65.8 Å². The second-order valence-electron chi connectivity index (χ2n) is 6.86. The van der Waals surface area contributed by atoms with Gasteiger partial charge in [-0.05, 0) is 69.9 Å². The van der Waals surface area contributed by atoms with Crippen molar-refractivity contribution in [1.82, 2.24) is 4.90 Å². The maximum Gasteiger partial charge on any atom is 0.00385 e. The quantitative estimate of drug-likeness (QED) is 0.698. The van der Waals surface area contributed by atoms with Crippen molar-refractivity contribution >= 4 is 0 Å². The van der Waals surface area contributed by atoms with Crippen molar-refractivity contribution in [3.8, 4) is 0 Å². The highest BCUT2D eigenvalue weighted by Crippen LogP contribution is 2.61. The van der Waals surface area contributed by atoms with Gasteiger partial charge in [-0.1, -0.05) is 20.3 Å². The van der Waals surface area contributed by atoms with E-state index in [0.29, 0.717) is 0 Å². The summed E-state index contributed by atoms with van der Waals surface area (Å²) in [6.45, 7) is 12.1. The minimum absolute atomic E-state index is 0.755. The Bertz CT molecular complexity index is 224. The molecule has 0 N–H and O–H groups in total. The molecule has 1 spiro atoms. The molecule has 1 nitrogen and oxygen atoms in total. The van der Waals surface area contributed by atoms with Gasteiger partial charge in [0.1, 0.15) is 0 Å². The zero-order valence-corrected chi connectivity index (χ0v) is 11.6. The number of piperidine rings is 1. The smallest absolute Gasteiger partial charge is 0.00385 e. The highest BCUT2D eigenvalue weighted by atomic mass is 15.2. The highest BCUT2D eigenvalue weighted by Gasteiger charge is 2.53. The molecule has 2 fully saturated rings. The van der Waals surface area contributed by atoms with Gasteiger partial charge in [0.05, 0.1) is 0 Å². The number of likely N-dealkylation sites (tertiary alicyclic amines) is 1. The van der Waals surface area contributed by atoms with Crippen LogP contribution < -0.4 is 0 Å². The van der Waals surface area contributed by atoms with Crippen molar-refractivity contribution in [2.24, 2.45) is 17.3 Å². The lowest BCUT2D eigenvalue weighted by Gasteiger charge is -2.35. The summed E-state index contributed by atoms with van der Waals surface area (Å²) < 4.78 is 0. The summed E-state index contributed by atoms with van der Waals surface area (Å²) in [4.78, 5) is 2.66. The molecule has 0 bridgehead atoms. The molecule has 1 saturated carbocycles. The standard InChI is InChI=1S/C15H29N/c1-12(2)5-6-14-11-15(14)7-9-16(10-8-15)13(3)4/h12-14H,5-11H2,1-4H3. The lowest BCUT2D eigenvalue weighted by atomic mass is 9.88. The molecular formula is C15H29N. The molecule has 1 heteroatoms. The highest BCUT2D eigenvalue weighted by molar-refractivity contribution is 5.04. The second-order valence-corrected chi connectivity index (χ2v) is 6.86. The van der Waals surface area contributed by atoms with Crippen LogP contribution in [-0.4, -0.2) is 24.0 Å². The van der Waals surface area contributed by atoms with Crippen molar-refractivity contribution in [3.63, 3.8) is 0 Å². The van der Waals surface area contributed by atoms with E-state index in [1.807, 2.05) is 0 Å². The van der Waals surface area contributed by atoms with Crippen LogP contribution in [0, 0.1) is 17.3 Å². The van der Waals surface area contributed by atoms with Crippen molar-refractivity contribution in [2.75, 3.05) is 13.1 Å². The fourth-order valence-electron chi connectivity index (χ4n) is 3.47. The summed E-state index contributed by atoms with van der Waals surface area (Å²) >= 11 is 0. The van der Waals surface area contributed by atoms with E-state index >= 15 is 0 Å². The summed E-state index contributed by atoms with van der Waals surface area (Å²) in [5.74, 6) is 1.98. The van der Waals surface area contributed by atoms with Crippen LogP contribution in [0.25, 0.3) is 0 Å². The third-order valence-electron chi connectivity index (χ3n) is 4.98. The Labute approximate surface area is 102 Å². The Kier molecular flexibility index (Phi) is 3.63. The molecule has 0 aromatic heterocycles. The first-order valence-corrected chi connectivity index (χ1v) is 7.27. The van der Waals surface area contributed by atoms with E-state index in [9.17, 15) is 0 Å². The van der Waals surface area contributed by atoms with Gasteiger partial charge in [0.2, 0.25) is 0 Å². The zero-order chi connectivity index (χ0) is 11.8. The molecule has 94 valence electrons. The number of hydrogen-bond donors (Lipinski definition) is 0. The van der Waals surface area contributed by atoms with E-state index in [4.69, 9.17) is 0 Å². The minimum Gasteiger partial charge on any atom is -0.301 e. The summed E-state index contributed by atoms with van der Waals surface area (Å²) in [6, 6.07) is 0.755. The molecule has 1 aliphatic carbocycles. The van der Waals surface area contributed by atoms with Crippen LogP contribution >= 0.6 is 0 Å². The number of hydrogen-bond acceptors (Lipinski definition) is 1. The largest absolute Gasteiger partial charge is 0.301 e. The minimum atomic E-state index is 0.755. The van der Waals surface area contributed by atoms with Crippen LogP contribution in [0.15, 0.2) is 0 Å². The van der Waals surface area contributed by atoms with Gasteiger partial charge in [0.15, 0.2) is 0 Å². The van der Waals surface area contributed by atoms with E-state index in [1.54, 1.807) is 6.42 Å². The Morgan fingerprint density at radius 3 is 2.25 bits per heavy atom. The van der Waals surface area contributed by atoms with Gasteiger partial charge in [0, 0.05) is 6.04 Å². The SMILES string of the molecule is CC(C)CCC1CC12CCN(C(C)C)CC2. The fraction of sp³-hybridized carbons (Fsp3) is 1.00. The molecule has 1 aliphatic heterocycles. The monoisotopic (exact) mass is 223 g/mol. The maximum atomic E-state index is 2.66. The van der Waals surface area contributed by atoms with Gasteiger partial charge in [-0.15, -0.1) is 0 Å². The average molecular weight is 223 g/mol. The molecule has 2 rings (SSSR count). The van der Waals surface area contributed by atoms with E-state index in [2.05, 4.69) is 32.6 Å². The third kappa shape index (κ3) is 2.61. The van der Waals surface area contributed by atoms with Crippen LogP contribution in [0.3, 0.4) is 0 Å². The normalized spacial score (nSPS) is 29.2. The molecule has 16 heavy (non-hydrogen) atoms. The van der Waals surface area contributed by atoms with E-state index in [0.717, 1.165) is 23.3 Å². The van der Waals surface area contributed by atoms with Crippen LogP contribution in [0.5, 0.6) is 0 Å². The Hall–Kier alpha value is -0.0400. The summed E-state index contributed by atoms with van der Waals surface area (Å²) in [6.07, 6.45) is 7.45. The van der Waals surface area contributed by atoms with E-state index in [-0.39, 0.29) is 0 Å². The predicted octanol–water partition coefficient (Wildman–Crippen LogP) is 3.93. The molecule has 1 atom stereocenters. The molecular weight excluding hydrogens is 194 g/mol. The van der Waals surface area contributed by atoms with Crippen molar-refractivity contribution in [3.05, 3.63) is 0 Å². The Balaban J connectivity index is 1.74. The van der Waals surface area contributed by atoms with Gasteiger partial charge in [-0.3, -0.25) is 0 Å². The third-order valence-corrected chi connectivity index (χ3v) is 4.98. The molecule has 0 radical (unpaired) electrons. The molecule has 1 saturated heterocycles. The lowest BCUT2D eigenvalue weighted by molar-refractivity contribution is 0.130. The summed E-state index contributed by atoms with van der Waals surface area (Å²) in [5.41, 5.74) is 0.806. The topological polar surface area (TPSA) is 3.24 Å². The van der Waals surface area contributed by atoms with Crippen LogP contribution in [0.4, 0.5) is 0 Å². The Morgan fingerprint density at radius 1 is 1.12 bits per heavy atom. The van der Waals surface area contributed by atoms with Gasteiger partial charge in [-0.2, -0.15) is 0 Å². The van der Waals surface area contributed by atoms with Gasteiger partial charge < -0.3 is 4.90 Å². The molecule has 0 aromatic rings.